The Morgan fingerprint density at radius 3 is 2.11 bits per heavy atom. The summed E-state index contributed by atoms with van der Waals surface area (Å²) in [5.74, 6) is -38.2. The van der Waals surface area contributed by atoms with E-state index in [2.05, 4.69) is 20.2 Å². The zero-order valence-electron chi connectivity index (χ0n) is 16.8. The van der Waals surface area contributed by atoms with Crippen molar-refractivity contribution in [3.8, 4) is 5.88 Å². The Kier molecular flexibility index (Phi) is 7.93. The lowest BCUT2D eigenvalue weighted by molar-refractivity contribution is -0.702. The first-order chi connectivity index (χ1) is 16.3. The van der Waals surface area contributed by atoms with Gasteiger partial charge in [-0.2, -0.15) is 43.9 Å². The number of carbonyl (C=O) groups excluding carboxylic acids is 1. The molecule has 0 atom stereocenters. The number of hydrogen-bond donors (Lipinski definition) is 1. The molecular weight excluding hydrogens is 556 g/mol. The van der Waals surface area contributed by atoms with E-state index in [0.29, 0.717) is 12.3 Å². The second-order valence-electron chi connectivity index (χ2n) is 6.73. The summed E-state index contributed by atoms with van der Waals surface area (Å²) in [5.41, 5.74) is 1.78. The summed E-state index contributed by atoms with van der Waals surface area (Å²) in [6.45, 7) is -2.89. The monoisotopic (exact) mass is 565 g/mol. The molecule has 200 valence electrons. The highest BCUT2D eigenvalue weighted by atomic mass is 35.5. The molecule has 36 heavy (non-hydrogen) atoms. The van der Waals surface area contributed by atoms with Gasteiger partial charge in [0.1, 0.15) is 5.02 Å². The van der Waals surface area contributed by atoms with Gasteiger partial charge in [0.15, 0.2) is 6.61 Å². The Balaban J connectivity index is 2.22. The number of aromatic nitrogens is 3. The average molecular weight is 566 g/mol. The zero-order valence-corrected chi connectivity index (χ0v) is 17.6. The molecule has 0 saturated carbocycles. The second-order valence-corrected chi connectivity index (χ2v) is 7.14. The molecular formula is C17H10ClF12N4O2+. The molecule has 0 unspecified atom stereocenters. The highest BCUT2D eigenvalue weighted by molar-refractivity contribution is 6.32. The third kappa shape index (κ3) is 5.08. The van der Waals surface area contributed by atoms with E-state index in [1.165, 1.54) is 24.5 Å². The van der Waals surface area contributed by atoms with Crippen LogP contribution in [0.1, 0.15) is 10.4 Å². The second kappa shape index (κ2) is 9.78. The molecule has 2 aromatic rings. The largest absolute Gasteiger partial charge is 0.470 e. The van der Waals surface area contributed by atoms with Crippen molar-refractivity contribution < 1.29 is 67.0 Å². The third-order valence-corrected chi connectivity index (χ3v) is 4.50. The number of ether oxygens (including phenoxy) is 1. The van der Waals surface area contributed by atoms with Crippen molar-refractivity contribution in [2.75, 3.05) is 12.0 Å². The lowest BCUT2D eigenvalue weighted by atomic mass is 9.94. The van der Waals surface area contributed by atoms with Crippen LogP contribution in [0.5, 0.6) is 5.88 Å². The highest BCUT2D eigenvalue weighted by Gasteiger charge is 2.87. The number of nitrogens with zero attached hydrogens (tertiary/aromatic N) is 3. The molecule has 0 bridgehead atoms. The molecule has 0 aromatic carbocycles. The van der Waals surface area contributed by atoms with Crippen LogP contribution < -0.4 is 15.0 Å². The molecule has 1 amide bonds. The molecule has 2 rings (SSSR count). The van der Waals surface area contributed by atoms with Crippen LogP contribution in [0.25, 0.3) is 0 Å². The normalized spacial score (nSPS) is 13.6. The number of carbonyl (C=O) groups is 1. The lowest BCUT2D eigenvalue weighted by Gasteiger charge is -2.38. The minimum atomic E-state index is -7.69. The first-order valence-electron chi connectivity index (χ1n) is 8.89. The van der Waals surface area contributed by atoms with Crippen LogP contribution in [-0.2, 0) is 0 Å². The van der Waals surface area contributed by atoms with E-state index >= 15 is 0 Å². The van der Waals surface area contributed by atoms with Gasteiger partial charge in [-0.1, -0.05) is 17.0 Å². The molecule has 0 radical (unpaired) electrons. The van der Waals surface area contributed by atoms with Gasteiger partial charge in [-0.05, 0) is 12.1 Å². The maximum atomic E-state index is 13.8. The summed E-state index contributed by atoms with van der Waals surface area (Å²) in [6.07, 6.45) is -2.47. The molecule has 2 heterocycles. The van der Waals surface area contributed by atoms with E-state index in [0.717, 1.165) is 4.79 Å². The summed E-state index contributed by atoms with van der Waals surface area (Å²) in [4.78, 5) is 16.2. The number of amides is 1. The quantitative estimate of drug-likeness (QED) is 0.337. The molecule has 2 aromatic heterocycles. The fourth-order valence-electron chi connectivity index (χ4n) is 2.24. The molecule has 0 saturated heterocycles. The smallest absolute Gasteiger partial charge is 0.384 e. The Morgan fingerprint density at radius 2 is 1.61 bits per heavy atom. The van der Waals surface area contributed by atoms with Gasteiger partial charge in [-0.3, -0.25) is 4.79 Å². The van der Waals surface area contributed by atoms with Crippen molar-refractivity contribution >= 4 is 17.5 Å². The SMILES string of the molecule is O=C(N[n+]1ccccn1)c1cnc(OCC(F)(F)C(F)(F)C(F)(F)C(F)(F)C(F)(F)C(F)F)c(Cl)c1. The van der Waals surface area contributed by atoms with Crippen LogP contribution in [0, 0.1) is 0 Å². The van der Waals surface area contributed by atoms with Crippen LogP contribution in [0.4, 0.5) is 52.7 Å². The topological polar surface area (TPSA) is 68.0 Å². The third-order valence-electron chi connectivity index (χ3n) is 4.23. The first kappa shape index (κ1) is 29.2. The minimum absolute atomic E-state index is 0.386. The predicted octanol–water partition coefficient (Wildman–Crippen LogP) is 4.62. The van der Waals surface area contributed by atoms with Crippen LogP contribution in [0.2, 0.25) is 5.02 Å². The Bertz CT molecular complexity index is 1090. The van der Waals surface area contributed by atoms with Gasteiger partial charge in [0, 0.05) is 22.2 Å². The molecule has 0 aliphatic carbocycles. The summed E-state index contributed by atoms with van der Waals surface area (Å²) in [5, 5.41) is 2.84. The van der Waals surface area contributed by atoms with Gasteiger partial charge in [-0.25, -0.2) is 13.8 Å². The summed E-state index contributed by atoms with van der Waals surface area (Å²) in [6, 6.07) is 3.64. The molecule has 6 nitrogen and oxygen atoms in total. The maximum Gasteiger partial charge on any atom is 0.384 e. The fraction of sp³-hybridized carbons (Fsp3) is 0.412. The number of rotatable bonds is 10. The molecule has 0 fully saturated rings. The maximum absolute atomic E-state index is 13.8. The number of pyridine rings is 1. The number of nitrogens with one attached hydrogen (secondary N) is 1. The van der Waals surface area contributed by atoms with Crippen LogP contribution in [0.15, 0.2) is 36.8 Å². The van der Waals surface area contributed by atoms with Gasteiger partial charge in [0.2, 0.25) is 12.1 Å². The van der Waals surface area contributed by atoms with Crippen LogP contribution >= 0.6 is 11.6 Å². The first-order valence-corrected chi connectivity index (χ1v) is 9.27. The summed E-state index contributed by atoms with van der Waals surface area (Å²) in [7, 11) is 0. The van der Waals surface area contributed by atoms with E-state index in [1.54, 1.807) is 0 Å². The Morgan fingerprint density at radius 1 is 1.00 bits per heavy atom. The average Bonchev–Trinajstić information content (AvgIpc) is 2.78. The van der Waals surface area contributed by atoms with Crippen molar-refractivity contribution in [1.29, 1.82) is 0 Å². The summed E-state index contributed by atoms with van der Waals surface area (Å²) >= 11 is 5.60. The van der Waals surface area contributed by atoms with E-state index in [-0.39, 0.29) is 5.56 Å². The molecule has 0 aliphatic rings. The van der Waals surface area contributed by atoms with Crippen molar-refractivity contribution in [2.24, 2.45) is 0 Å². The number of halogens is 13. The van der Waals surface area contributed by atoms with Crippen LogP contribution in [0.3, 0.4) is 0 Å². The fourth-order valence-corrected chi connectivity index (χ4v) is 2.46. The standard InChI is InChI=1S/C17H9ClF12N4O2/c18-9-5-8(10(35)33-34-4-2-1-3-32-34)6-31-11(9)36-7-13(21,22)15(25,26)17(29,30)16(27,28)14(23,24)12(19)20/h1-6,12H,7H2/p+1. The molecule has 0 spiro atoms. The molecule has 0 aliphatic heterocycles. The van der Waals surface area contributed by atoms with Gasteiger partial charge < -0.3 is 4.74 Å². The van der Waals surface area contributed by atoms with Crippen molar-refractivity contribution in [2.45, 2.75) is 36.0 Å². The minimum Gasteiger partial charge on any atom is -0.470 e. The highest BCUT2D eigenvalue weighted by Crippen LogP contribution is 2.58. The van der Waals surface area contributed by atoms with Crippen LogP contribution in [-0.4, -0.2) is 58.6 Å². The van der Waals surface area contributed by atoms with E-state index in [9.17, 15) is 57.5 Å². The molecule has 19 heteroatoms. The Hall–Kier alpha value is -3.05. The van der Waals surface area contributed by atoms with E-state index in [1.807, 2.05) is 0 Å². The van der Waals surface area contributed by atoms with Gasteiger partial charge in [0.25, 0.3) is 0 Å². The Labute approximate surface area is 196 Å². The number of hydrogen-bond acceptors (Lipinski definition) is 4. The number of alkyl halides is 12. The predicted molar refractivity (Wildman–Crippen MR) is 93.6 cm³/mol. The van der Waals surface area contributed by atoms with Crippen molar-refractivity contribution in [3.05, 3.63) is 47.4 Å². The molecule has 1 N–H and O–H groups in total. The van der Waals surface area contributed by atoms with E-state index in [4.69, 9.17) is 11.6 Å². The van der Waals surface area contributed by atoms with Crippen molar-refractivity contribution in [1.82, 2.24) is 10.1 Å². The van der Waals surface area contributed by atoms with Gasteiger partial charge >= 0.3 is 41.9 Å². The summed E-state index contributed by atoms with van der Waals surface area (Å²) < 4.78 is 162. The van der Waals surface area contributed by atoms with Crippen molar-refractivity contribution in [3.63, 3.8) is 0 Å². The van der Waals surface area contributed by atoms with Gasteiger partial charge in [-0.15, -0.1) is 0 Å². The van der Waals surface area contributed by atoms with Gasteiger partial charge in [0.05, 0.1) is 11.8 Å². The zero-order chi connectivity index (χ0) is 27.7. The van der Waals surface area contributed by atoms with E-state index < -0.39 is 59.5 Å². The lowest BCUT2D eigenvalue weighted by Crippen LogP contribution is -2.69.